The molecule has 0 heterocycles. The largest absolute Gasteiger partial charge is 0.495 e. The molecule has 0 fully saturated rings. The van der Waals surface area contributed by atoms with Gasteiger partial charge in [-0.1, -0.05) is 0 Å². The molecular formula is C10H11ClN2O3. The fraction of sp³-hybridized carbons (Fsp3) is 0.200. The molecule has 3 N–H and O–H groups in total. The van der Waals surface area contributed by atoms with E-state index in [-0.39, 0.29) is 11.8 Å². The number of methoxy groups -OCH3 is 1. The molecule has 0 aliphatic rings. The van der Waals surface area contributed by atoms with E-state index in [0.717, 1.165) is 0 Å². The highest BCUT2D eigenvalue weighted by Gasteiger charge is 2.09. The Balaban J connectivity index is 3.02. The number of alkyl halides is 1. The van der Waals surface area contributed by atoms with Gasteiger partial charge in [0, 0.05) is 5.56 Å². The summed E-state index contributed by atoms with van der Waals surface area (Å²) in [5, 5.41) is 2.53. The SMILES string of the molecule is COc1cc(C(N)=O)ccc1NC(=O)CCl. The van der Waals surface area contributed by atoms with Gasteiger partial charge in [0.1, 0.15) is 11.6 Å². The molecule has 0 aliphatic heterocycles. The standard InChI is InChI=1S/C10H11ClN2O3/c1-16-8-4-6(10(12)15)2-3-7(8)13-9(14)5-11/h2-4H,5H2,1H3,(H2,12,15)(H,13,14). The van der Waals surface area contributed by atoms with Crippen molar-refractivity contribution < 1.29 is 14.3 Å². The van der Waals surface area contributed by atoms with Crippen molar-refractivity contribution in [2.24, 2.45) is 5.73 Å². The topological polar surface area (TPSA) is 81.4 Å². The summed E-state index contributed by atoms with van der Waals surface area (Å²) < 4.78 is 5.02. The second-order valence-corrected chi connectivity index (χ2v) is 3.23. The van der Waals surface area contributed by atoms with Crippen LogP contribution in [0, 0.1) is 0 Å². The van der Waals surface area contributed by atoms with Gasteiger partial charge in [-0.15, -0.1) is 11.6 Å². The van der Waals surface area contributed by atoms with Crippen molar-refractivity contribution in [1.82, 2.24) is 0 Å². The first-order chi connectivity index (χ1) is 7.58. The molecule has 2 amide bonds. The van der Waals surface area contributed by atoms with E-state index in [1.807, 2.05) is 0 Å². The van der Waals surface area contributed by atoms with E-state index in [1.165, 1.54) is 25.3 Å². The Morgan fingerprint density at radius 3 is 2.69 bits per heavy atom. The first-order valence-corrected chi connectivity index (χ1v) is 4.95. The van der Waals surface area contributed by atoms with Crippen molar-refractivity contribution in [3.63, 3.8) is 0 Å². The summed E-state index contributed by atoms with van der Waals surface area (Å²) in [5.74, 6) is -0.712. The number of primary amides is 1. The maximum atomic E-state index is 11.1. The molecule has 86 valence electrons. The van der Waals surface area contributed by atoms with Crippen molar-refractivity contribution >= 4 is 29.1 Å². The van der Waals surface area contributed by atoms with Gasteiger partial charge in [0.05, 0.1) is 12.8 Å². The monoisotopic (exact) mass is 242 g/mol. The Morgan fingerprint density at radius 2 is 2.19 bits per heavy atom. The maximum absolute atomic E-state index is 11.1. The van der Waals surface area contributed by atoms with Crippen LogP contribution in [0.1, 0.15) is 10.4 Å². The third-order valence-electron chi connectivity index (χ3n) is 1.88. The minimum atomic E-state index is -0.562. The van der Waals surface area contributed by atoms with Crippen molar-refractivity contribution in [2.45, 2.75) is 0 Å². The first kappa shape index (κ1) is 12.3. The summed E-state index contributed by atoms with van der Waals surface area (Å²) in [4.78, 5) is 22.0. The minimum Gasteiger partial charge on any atom is -0.495 e. The van der Waals surface area contributed by atoms with Gasteiger partial charge in [0.25, 0.3) is 0 Å². The van der Waals surface area contributed by atoms with E-state index in [1.54, 1.807) is 0 Å². The van der Waals surface area contributed by atoms with E-state index in [4.69, 9.17) is 22.1 Å². The van der Waals surface area contributed by atoms with Crippen LogP contribution in [-0.2, 0) is 4.79 Å². The molecule has 0 unspecified atom stereocenters. The maximum Gasteiger partial charge on any atom is 0.248 e. The average Bonchev–Trinajstić information content (AvgIpc) is 2.29. The van der Waals surface area contributed by atoms with Crippen molar-refractivity contribution in [3.8, 4) is 5.75 Å². The fourth-order valence-corrected chi connectivity index (χ4v) is 1.20. The molecule has 1 rings (SSSR count). The zero-order valence-corrected chi connectivity index (χ0v) is 9.38. The Morgan fingerprint density at radius 1 is 1.50 bits per heavy atom. The molecule has 0 saturated carbocycles. The molecule has 5 nitrogen and oxygen atoms in total. The lowest BCUT2D eigenvalue weighted by Crippen LogP contribution is -2.15. The van der Waals surface area contributed by atoms with Gasteiger partial charge in [-0.05, 0) is 18.2 Å². The third-order valence-corrected chi connectivity index (χ3v) is 2.12. The molecule has 0 saturated heterocycles. The first-order valence-electron chi connectivity index (χ1n) is 4.42. The summed E-state index contributed by atoms with van der Waals surface area (Å²) in [5.41, 5.74) is 5.86. The molecule has 0 spiro atoms. The van der Waals surface area contributed by atoms with Crippen molar-refractivity contribution in [3.05, 3.63) is 23.8 Å². The minimum absolute atomic E-state index is 0.152. The second-order valence-electron chi connectivity index (χ2n) is 2.96. The third kappa shape index (κ3) is 2.87. The lowest BCUT2D eigenvalue weighted by atomic mass is 10.2. The van der Waals surface area contributed by atoms with E-state index in [9.17, 15) is 9.59 Å². The smallest absolute Gasteiger partial charge is 0.248 e. The zero-order chi connectivity index (χ0) is 12.1. The molecule has 1 aromatic rings. The van der Waals surface area contributed by atoms with Crippen molar-refractivity contribution in [2.75, 3.05) is 18.3 Å². The van der Waals surface area contributed by atoms with Gasteiger partial charge in [-0.3, -0.25) is 9.59 Å². The molecule has 0 aromatic heterocycles. The van der Waals surface area contributed by atoms with Gasteiger partial charge >= 0.3 is 0 Å². The normalized spacial score (nSPS) is 9.62. The molecule has 0 aliphatic carbocycles. The van der Waals surface area contributed by atoms with E-state index in [0.29, 0.717) is 17.0 Å². The van der Waals surface area contributed by atoms with Gasteiger partial charge in [0.2, 0.25) is 11.8 Å². The highest BCUT2D eigenvalue weighted by Crippen LogP contribution is 2.25. The zero-order valence-electron chi connectivity index (χ0n) is 8.62. The van der Waals surface area contributed by atoms with Crippen LogP contribution in [0.2, 0.25) is 0 Å². The number of carbonyl (C=O) groups is 2. The van der Waals surface area contributed by atoms with Crippen LogP contribution in [0.5, 0.6) is 5.75 Å². The van der Waals surface area contributed by atoms with Gasteiger partial charge in [-0.2, -0.15) is 0 Å². The fourth-order valence-electron chi connectivity index (χ4n) is 1.13. The van der Waals surface area contributed by atoms with Crippen LogP contribution in [-0.4, -0.2) is 24.8 Å². The number of benzene rings is 1. The number of hydrogen-bond donors (Lipinski definition) is 2. The lowest BCUT2D eigenvalue weighted by Gasteiger charge is -2.09. The molecule has 0 radical (unpaired) electrons. The number of hydrogen-bond acceptors (Lipinski definition) is 3. The molecule has 1 aromatic carbocycles. The summed E-state index contributed by atoms with van der Waals surface area (Å²) in [6.45, 7) is 0. The van der Waals surface area contributed by atoms with Crippen LogP contribution in [0.15, 0.2) is 18.2 Å². The predicted octanol–water partition coefficient (Wildman–Crippen LogP) is 0.971. The number of nitrogens with two attached hydrogens (primary N) is 1. The molecule has 0 atom stereocenters. The molecular weight excluding hydrogens is 232 g/mol. The number of carbonyl (C=O) groups excluding carboxylic acids is 2. The number of amides is 2. The quantitative estimate of drug-likeness (QED) is 0.772. The van der Waals surface area contributed by atoms with Gasteiger partial charge in [0.15, 0.2) is 0 Å². The van der Waals surface area contributed by atoms with E-state index in [2.05, 4.69) is 5.32 Å². The van der Waals surface area contributed by atoms with E-state index < -0.39 is 5.91 Å². The molecule has 0 bridgehead atoms. The highest BCUT2D eigenvalue weighted by atomic mass is 35.5. The summed E-state index contributed by atoms with van der Waals surface area (Å²) >= 11 is 5.35. The summed E-state index contributed by atoms with van der Waals surface area (Å²) in [6, 6.07) is 4.48. The second kappa shape index (κ2) is 5.37. The van der Waals surface area contributed by atoms with Crippen LogP contribution >= 0.6 is 11.6 Å². The molecule has 16 heavy (non-hydrogen) atoms. The lowest BCUT2D eigenvalue weighted by molar-refractivity contribution is -0.113. The number of rotatable bonds is 4. The van der Waals surface area contributed by atoms with Crippen LogP contribution in [0.4, 0.5) is 5.69 Å². The summed E-state index contributed by atoms with van der Waals surface area (Å²) in [6.07, 6.45) is 0. The Hall–Kier alpha value is -1.75. The van der Waals surface area contributed by atoms with E-state index >= 15 is 0 Å². The predicted molar refractivity (Wildman–Crippen MR) is 60.9 cm³/mol. The molecule has 6 heteroatoms. The Labute approximate surface area is 97.5 Å². The number of ether oxygens (including phenoxy) is 1. The Bertz CT molecular complexity index is 421. The average molecular weight is 243 g/mol. The Kier molecular flexibility index (Phi) is 4.13. The van der Waals surface area contributed by atoms with Crippen LogP contribution in [0.25, 0.3) is 0 Å². The van der Waals surface area contributed by atoms with Crippen LogP contribution < -0.4 is 15.8 Å². The van der Waals surface area contributed by atoms with Crippen LogP contribution in [0.3, 0.4) is 0 Å². The number of nitrogens with one attached hydrogen (secondary N) is 1. The number of anilines is 1. The highest BCUT2D eigenvalue weighted by molar-refractivity contribution is 6.29. The van der Waals surface area contributed by atoms with Crippen molar-refractivity contribution in [1.29, 1.82) is 0 Å². The van der Waals surface area contributed by atoms with Gasteiger partial charge in [-0.25, -0.2) is 0 Å². The van der Waals surface area contributed by atoms with Gasteiger partial charge < -0.3 is 15.8 Å². The summed E-state index contributed by atoms with van der Waals surface area (Å²) in [7, 11) is 1.43. The number of halogens is 1.